The van der Waals surface area contributed by atoms with Crippen LogP contribution in [0.4, 0.5) is 0 Å². The summed E-state index contributed by atoms with van der Waals surface area (Å²) in [6, 6.07) is 1.11. The molecule has 0 spiro atoms. The molecule has 20 heavy (non-hydrogen) atoms. The van der Waals surface area contributed by atoms with Crippen LogP contribution in [0.3, 0.4) is 0 Å². The number of halogens is 2. The predicted octanol–water partition coefficient (Wildman–Crippen LogP) is 3.01. The second kappa shape index (κ2) is 7.64. The summed E-state index contributed by atoms with van der Waals surface area (Å²) in [7, 11) is 1.82. The number of hydrogen-bond donors (Lipinski definition) is 2. The molecule has 0 unspecified atom stereocenters. The molecule has 2 atom stereocenters. The highest BCUT2D eigenvalue weighted by Crippen LogP contribution is 2.45. The summed E-state index contributed by atoms with van der Waals surface area (Å²) in [6.07, 6.45) is 4.22. The zero-order valence-electron chi connectivity index (χ0n) is 13.5. The van der Waals surface area contributed by atoms with E-state index in [2.05, 4.69) is 38.3 Å². The molecule has 122 valence electrons. The van der Waals surface area contributed by atoms with Gasteiger partial charge in [0.1, 0.15) is 0 Å². The molecule has 1 aliphatic heterocycles. The van der Waals surface area contributed by atoms with E-state index in [1.165, 1.54) is 19.3 Å². The predicted molar refractivity (Wildman–Crippen MR) is 90.3 cm³/mol. The minimum absolute atomic E-state index is 0. The number of rotatable bonds is 3. The fraction of sp³-hybridized carbons (Fsp3) is 1.00. The number of hydrogen-bond acceptors (Lipinski definition) is 3. The summed E-state index contributed by atoms with van der Waals surface area (Å²) in [5.41, 5.74) is 0.905. The lowest BCUT2D eigenvalue weighted by atomic mass is 9.63. The van der Waals surface area contributed by atoms with Crippen molar-refractivity contribution in [3.05, 3.63) is 0 Å². The molecule has 0 aromatic heterocycles. The summed E-state index contributed by atoms with van der Waals surface area (Å²) in [5, 5.41) is 7.26. The molecule has 0 bridgehead atoms. The first-order valence-corrected chi connectivity index (χ1v) is 7.31. The smallest absolute Gasteiger partial charge is 0.0860 e. The van der Waals surface area contributed by atoms with E-state index in [-0.39, 0.29) is 24.8 Å². The Morgan fingerprint density at radius 3 is 2.05 bits per heavy atom. The highest BCUT2D eigenvalue weighted by atomic mass is 35.5. The highest BCUT2D eigenvalue weighted by molar-refractivity contribution is 5.85. The van der Waals surface area contributed by atoms with E-state index in [1.54, 1.807) is 0 Å². The fourth-order valence-electron chi connectivity index (χ4n) is 4.34. The number of nitrogens with one attached hydrogen (secondary N) is 2. The topological polar surface area (TPSA) is 33.3 Å². The van der Waals surface area contributed by atoms with Crippen LogP contribution in [0, 0.1) is 10.8 Å². The minimum atomic E-state index is 0. The second-order valence-electron chi connectivity index (χ2n) is 7.82. The molecule has 0 aromatic carbocycles. The Hall–Kier alpha value is 0.460. The maximum Gasteiger partial charge on any atom is 0.0860 e. The maximum atomic E-state index is 5.54. The van der Waals surface area contributed by atoms with E-state index in [0.29, 0.717) is 29.0 Å². The largest absolute Gasteiger partial charge is 0.378 e. The summed E-state index contributed by atoms with van der Waals surface area (Å²) in [6.45, 7) is 11.6. The monoisotopic (exact) mass is 326 g/mol. The average molecular weight is 327 g/mol. The quantitative estimate of drug-likeness (QED) is 0.836. The first kappa shape index (κ1) is 20.5. The fourth-order valence-corrected chi connectivity index (χ4v) is 4.34. The molecule has 0 aromatic rings. The third-order valence-corrected chi connectivity index (χ3v) is 4.47. The van der Waals surface area contributed by atoms with Crippen molar-refractivity contribution in [3.8, 4) is 0 Å². The van der Waals surface area contributed by atoms with Crippen LogP contribution >= 0.6 is 24.8 Å². The standard InChI is InChI=1S/C15H30N2O.2ClH/c1-14(2)6-11(7-15(3,4)10-14)17-12-8-16-9-13(12)18-5;;/h11-13,16-17H,6-10H2,1-5H3;2*1H/t12-,13-;;/m0../s1. The van der Waals surface area contributed by atoms with Crippen LogP contribution in [0.25, 0.3) is 0 Å². The molecule has 2 fully saturated rings. The second-order valence-corrected chi connectivity index (χ2v) is 7.82. The van der Waals surface area contributed by atoms with Gasteiger partial charge in [0.05, 0.1) is 6.10 Å². The molecule has 2 rings (SSSR count). The first-order chi connectivity index (χ1) is 8.31. The van der Waals surface area contributed by atoms with E-state index >= 15 is 0 Å². The van der Waals surface area contributed by atoms with Crippen molar-refractivity contribution >= 4 is 24.8 Å². The molecule has 0 radical (unpaired) electrons. The molecular formula is C15H32Cl2N2O. The molecule has 1 aliphatic carbocycles. The van der Waals surface area contributed by atoms with Gasteiger partial charge in [-0.05, 0) is 30.1 Å². The van der Waals surface area contributed by atoms with E-state index in [0.717, 1.165) is 13.1 Å². The molecule has 1 saturated carbocycles. The van der Waals surface area contributed by atoms with Gasteiger partial charge in [-0.3, -0.25) is 0 Å². The third-order valence-electron chi connectivity index (χ3n) is 4.47. The lowest BCUT2D eigenvalue weighted by Gasteiger charge is -2.46. The Bertz CT molecular complexity index is 282. The van der Waals surface area contributed by atoms with Crippen molar-refractivity contribution in [2.24, 2.45) is 10.8 Å². The Kier molecular flexibility index (Phi) is 7.82. The van der Waals surface area contributed by atoms with E-state index in [1.807, 2.05) is 7.11 Å². The van der Waals surface area contributed by atoms with Gasteiger partial charge in [-0.2, -0.15) is 0 Å². The van der Waals surface area contributed by atoms with Gasteiger partial charge in [0.25, 0.3) is 0 Å². The molecule has 0 amide bonds. The molecule has 1 heterocycles. The van der Waals surface area contributed by atoms with Gasteiger partial charge < -0.3 is 15.4 Å². The number of ether oxygens (including phenoxy) is 1. The Morgan fingerprint density at radius 1 is 1.00 bits per heavy atom. The van der Waals surface area contributed by atoms with E-state index in [9.17, 15) is 0 Å². The summed E-state index contributed by atoms with van der Waals surface area (Å²) in [5.74, 6) is 0. The third kappa shape index (κ3) is 5.34. The first-order valence-electron chi connectivity index (χ1n) is 7.31. The van der Waals surface area contributed by atoms with Gasteiger partial charge >= 0.3 is 0 Å². The lowest BCUT2D eigenvalue weighted by Crippen LogP contribution is -2.51. The Labute approximate surface area is 136 Å². The highest BCUT2D eigenvalue weighted by Gasteiger charge is 2.40. The summed E-state index contributed by atoms with van der Waals surface area (Å²) < 4.78 is 5.54. The molecule has 2 N–H and O–H groups in total. The van der Waals surface area contributed by atoms with Crippen molar-refractivity contribution in [2.45, 2.75) is 65.1 Å². The van der Waals surface area contributed by atoms with Gasteiger partial charge in [0.15, 0.2) is 0 Å². The van der Waals surface area contributed by atoms with Gasteiger partial charge in [-0.1, -0.05) is 27.7 Å². The van der Waals surface area contributed by atoms with Crippen molar-refractivity contribution in [1.82, 2.24) is 10.6 Å². The minimum Gasteiger partial charge on any atom is -0.378 e. The van der Waals surface area contributed by atoms with Crippen LogP contribution in [-0.4, -0.2) is 38.4 Å². The SMILES string of the molecule is CO[C@H]1CNC[C@@H]1NC1CC(C)(C)CC(C)(C)C1.Cl.Cl. The summed E-state index contributed by atoms with van der Waals surface area (Å²) >= 11 is 0. The molecule has 3 nitrogen and oxygen atoms in total. The number of methoxy groups -OCH3 is 1. The van der Waals surface area contributed by atoms with Crippen LogP contribution in [0.1, 0.15) is 47.0 Å². The Morgan fingerprint density at radius 2 is 1.55 bits per heavy atom. The van der Waals surface area contributed by atoms with E-state index < -0.39 is 0 Å². The zero-order chi connectivity index (χ0) is 13.4. The van der Waals surface area contributed by atoms with Crippen molar-refractivity contribution in [2.75, 3.05) is 20.2 Å². The van der Waals surface area contributed by atoms with Gasteiger partial charge in [-0.25, -0.2) is 0 Å². The van der Waals surface area contributed by atoms with Crippen molar-refractivity contribution in [3.63, 3.8) is 0 Å². The van der Waals surface area contributed by atoms with Gasteiger partial charge in [0, 0.05) is 32.3 Å². The average Bonchev–Trinajstić information content (AvgIpc) is 2.59. The molecule has 1 saturated heterocycles. The summed E-state index contributed by atoms with van der Waals surface area (Å²) in [4.78, 5) is 0. The maximum absolute atomic E-state index is 5.54. The van der Waals surface area contributed by atoms with Crippen molar-refractivity contribution in [1.29, 1.82) is 0 Å². The van der Waals surface area contributed by atoms with E-state index in [4.69, 9.17) is 4.74 Å². The van der Waals surface area contributed by atoms with Crippen LogP contribution in [-0.2, 0) is 4.74 Å². The van der Waals surface area contributed by atoms with Crippen LogP contribution in [0.2, 0.25) is 0 Å². The van der Waals surface area contributed by atoms with Crippen LogP contribution in [0.15, 0.2) is 0 Å². The van der Waals surface area contributed by atoms with Gasteiger partial charge in [0.2, 0.25) is 0 Å². The molecule has 5 heteroatoms. The zero-order valence-corrected chi connectivity index (χ0v) is 15.1. The van der Waals surface area contributed by atoms with Crippen molar-refractivity contribution < 1.29 is 4.74 Å². The van der Waals surface area contributed by atoms with Gasteiger partial charge in [-0.15, -0.1) is 24.8 Å². The van der Waals surface area contributed by atoms with Crippen LogP contribution in [0.5, 0.6) is 0 Å². The normalized spacial score (nSPS) is 32.2. The lowest BCUT2D eigenvalue weighted by molar-refractivity contribution is 0.0557. The molecule has 2 aliphatic rings. The Balaban J connectivity index is 0.00000180. The van der Waals surface area contributed by atoms with Crippen LogP contribution < -0.4 is 10.6 Å². The molecular weight excluding hydrogens is 295 g/mol.